The predicted octanol–water partition coefficient (Wildman–Crippen LogP) is 3.23. The zero-order chi connectivity index (χ0) is 16.2. The van der Waals surface area contributed by atoms with Gasteiger partial charge in [0.2, 0.25) is 5.91 Å². The van der Waals surface area contributed by atoms with Gasteiger partial charge in [-0.15, -0.1) is 0 Å². The minimum atomic E-state index is 0.0805. The number of carbonyl (C=O) groups excluding carboxylic acids is 1. The molecule has 0 atom stereocenters. The lowest BCUT2D eigenvalue weighted by atomic mass is 10.1. The van der Waals surface area contributed by atoms with Gasteiger partial charge in [-0.3, -0.25) is 4.79 Å². The van der Waals surface area contributed by atoms with E-state index in [-0.39, 0.29) is 5.91 Å². The molecule has 1 aliphatic rings. The first-order valence-electron chi connectivity index (χ1n) is 9.01. The molecule has 0 aliphatic carbocycles. The number of para-hydroxylation sites is 1. The van der Waals surface area contributed by atoms with Crippen LogP contribution in [-0.4, -0.2) is 43.6 Å². The van der Waals surface area contributed by atoms with E-state index in [1.807, 2.05) is 30.3 Å². The Bertz CT molecular complexity index is 430. The lowest BCUT2D eigenvalue weighted by Gasteiger charge is -2.26. The number of piperidine rings is 1. The molecule has 0 radical (unpaired) electrons. The summed E-state index contributed by atoms with van der Waals surface area (Å²) >= 11 is 0. The summed E-state index contributed by atoms with van der Waals surface area (Å²) in [7, 11) is 0. The molecule has 0 unspecified atom stereocenters. The zero-order valence-electron chi connectivity index (χ0n) is 14.1. The van der Waals surface area contributed by atoms with E-state index in [4.69, 9.17) is 4.74 Å². The second-order valence-corrected chi connectivity index (χ2v) is 6.22. The van der Waals surface area contributed by atoms with Crippen molar-refractivity contribution in [1.29, 1.82) is 0 Å². The quantitative estimate of drug-likeness (QED) is 0.674. The lowest BCUT2D eigenvalue weighted by molar-refractivity contribution is -0.121. The van der Waals surface area contributed by atoms with Crippen LogP contribution in [-0.2, 0) is 4.79 Å². The van der Waals surface area contributed by atoms with Crippen LogP contribution in [0.4, 0.5) is 0 Å². The van der Waals surface area contributed by atoms with Crippen LogP contribution >= 0.6 is 0 Å². The number of likely N-dealkylation sites (tertiary alicyclic amines) is 1. The Morgan fingerprint density at radius 2 is 1.83 bits per heavy atom. The second kappa shape index (κ2) is 11.1. The number of hydrogen-bond donors (Lipinski definition) is 1. The molecule has 1 aromatic carbocycles. The largest absolute Gasteiger partial charge is 0.493 e. The summed E-state index contributed by atoms with van der Waals surface area (Å²) in [5.74, 6) is 0.898. The maximum Gasteiger partial charge on any atom is 0.223 e. The lowest BCUT2D eigenvalue weighted by Crippen LogP contribution is -2.30. The molecule has 0 saturated carbocycles. The first-order chi connectivity index (χ1) is 11.3. The number of unbranched alkanes of at least 4 members (excludes halogenated alkanes) is 2. The van der Waals surface area contributed by atoms with E-state index in [1.54, 1.807) is 0 Å². The molecule has 128 valence electrons. The summed E-state index contributed by atoms with van der Waals surface area (Å²) in [5, 5.41) is 2.97. The first kappa shape index (κ1) is 17.8. The topological polar surface area (TPSA) is 41.6 Å². The van der Waals surface area contributed by atoms with Crippen LogP contribution in [0.5, 0.6) is 5.75 Å². The molecule has 23 heavy (non-hydrogen) atoms. The van der Waals surface area contributed by atoms with Crippen LogP contribution < -0.4 is 10.1 Å². The highest BCUT2D eigenvalue weighted by Crippen LogP contribution is 2.10. The Kier molecular flexibility index (Phi) is 8.56. The van der Waals surface area contributed by atoms with Gasteiger partial charge in [-0.1, -0.05) is 31.0 Å². The normalized spacial score (nSPS) is 15.3. The van der Waals surface area contributed by atoms with Gasteiger partial charge in [0.25, 0.3) is 0 Å². The fraction of sp³-hybridized carbons (Fsp3) is 0.632. The molecule has 2 rings (SSSR count). The number of nitrogens with zero attached hydrogens (tertiary/aromatic N) is 1. The Balaban J connectivity index is 1.40. The van der Waals surface area contributed by atoms with Crippen molar-refractivity contribution in [2.45, 2.75) is 44.9 Å². The minimum Gasteiger partial charge on any atom is -0.493 e. The van der Waals surface area contributed by atoms with Crippen molar-refractivity contribution < 1.29 is 9.53 Å². The fourth-order valence-electron chi connectivity index (χ4n) is 2.91. The van der Waals surface area contributed by atoms with Crippen LogP contribution in [0, 0.1) is 0 Å². The molecule has 4 nitrogen and oxygen atoms in total. The molecular weight excluding hydrogens is 288 g/mol. The van der Waals surface area contributed by atoms with E-state index in [1.165, 1.54) is 51.7 Å². The van der Waals surface area contributed by atoms with Gasteiger partial charge >= 0.3 is 0 Å². The predicted molar refractivity (Wildman–Crippen MR) is 93.7 cm³/mol. The summed E-state index contributed by atoms with van der Waals surface area (Å²) in [4.78, 5) is 14.3. The van der Waals surface area contributed by atoms with Gasteiger partial charge in [-0.2, -0.15) is 0 Å². The van der Waals surface area contributed by atoms with E-state index in [9.17, 15) is 4.79 Å². The van der Waals surface area contributed by atoms with Crippen molar-refractivity contribution in [3.63, 3.8) is 0 Å². The van der Waals surface area contributed by atoms with Crippen molar-refractivity contribution in [2.75, 3.05) is 32.8 Å². The second-order valence-electron chi connectivity index (χ2n) is 6.22. The van der Waals surface area contributed by atoms with E-state index in [2.05, 4.69) is 10.2 Å². The molecule has 1 saturated heterocycles. The van der Waals surface area contributed by atoms with E-state index >= 15 is 0 Å². The maximum absolute atomic E-state index is 11.7. The van der Waals surface area contributed by atoms with Gasteiger partial charge in [0, 0.05) is 6.54 Å². The Morgan fingerprint density at radius 1 is 1.04 bits per heavy atom. The first-order valence-corrected chi connectivity index (χ1v) is 9.01. The number of hydrogen-bond acceptors (Lipinski definition) is 3. The van der Waals surface area contributed by atoms with Crippen LogP contribution in [0.15, 0.2) is 30.3 Å². The van der Waals surface area contributed by atoms with E-state index < -0.39 is 0 Å². The van der Waals surface area contributed by atoms with Crippen LogP contribution in [0.1, 0.15) is 44.9 Å². The highest BCUT2D eigenvalue weighted by atomic mass is 16.5. The third kappa shape index (κ3) is 8.03. The Labute approximate surface area is 140 Å². The third-order valence-corrected chi connectivity index (χ3v) is 4.26. The summed E-state index contributed by atoms with van der Waals surface area (Å²) in [5.41, 5.74) is 0. The van der Waals surface area contributed by atoms with Gasteiger partial charge in [0.1, 0.15) is 5.75 Å². The van der Waals surface area contributed by atoms with Crippen molar-refractivity contribution in [2.24, 2.45) is 0 Å². The van der Waals surface area contributed by atoms with Gasteiger partial charge in [0.15, 0.2) is 0 Å². The average Bonchev–Trinajstić information content (AvgIpc) is 2.60. The minimum absolute atomic E-state index is 0.0805. The van der Waals surface area contributed by atoms with E-state index in [0.29, 0.717) is 13.0 Å². The molecule has 1 aliphatic heterocycles. The third-order valence-electron chi connectivity index (χ3n) is 4.26. The molecular formula is C19H30N2O2. The molecule has 1 N–H and O–H groups in total. The standard InChI is InChI=1S/C19H30N2O2/c22-19(12-17-23-18-10-4-1-5-11-18)20-13-6-2-7-14-21-15-8-3-9-16-21/h1,4-5,10-11H,2-3,6-9,12-17H2,(H,20,22). The summed E-state index contributed by atoms with van der Waals surface area (Å²) in [6.07, 6.45) is 8.05. The van der Waals surface area contributed by atoms with Crippen LogP contribution in [0.2, 0.25) is 0 Å². The number of nitrogens with one attached hydrogen (secondary N) is 1. The van der Waals surface area contributed by atoms with Crippen molar-refractivity contribution in [3.8, 4) is 5.75 Å². The average molecular weight is 318 g/mol. The molecule has 0 spiro atoms. The number of rotatable bonds is 10. The molecule has 0 bridgehead atoms. The fourth-order valence-corrected chi connectivity index (χ4v) is 2.91. The van der Waals surface area contributed by atoms with Crippen molar-refractivity contribution >= 4 is 5.91 Å². The number of benzene rings is 1. The van der Waals surface area contributed by atoms with Gasteiger partial charge in [0.05, 0.1) is 13.0 Å². The van der Waals surface area contributed by atoms with Crippen molar-refractivity contribution in [1.82, 2.24) is 10.2 Å². The van der Waals surface area contributed by atoms with Crippen molar-refractivity contribution in [3.05, 3.63) is 30.3 Å². The number of amides is 1. The summed E-state index contributed by atoms with van der Waals surface area (Å²) in [6.45, 7) is 4.99. The van der Waals surface area contributed by atoms with Gasteiger partial charge in [-0.05, 0) is 57.5 Å². The van der Waals surface area contributed by atoms with Crippen LogP contribution in [0.25, 0.3) is 0 Å². The highest BCUT2D eigenvalue weighted by molar-refractivity contribution is 5.75. The van der Waals surface area contributed by atoms with Crippen LogP contribution in [0.3, 0.4) is 0 Å². The molecule has 4 heteroatoms. The van der Waals surface area contributed by atoms with Gasteiger partial charge in [-0.25, -0.2) is 0 Å². The van der Waals surface area contributed by atoms with E-state index in [0.717, 1.165) is 18.7 Å². The summed E-state index contributed by atoms with van der Waals surface area (Å²) < 4.78 is 5.52. The number of ether oxygens (including phenoxy) is 1. The molecule has 1 fully saturated rings. The maximum atomic E-state index is 11.7. The Morgan fingerprint density at radius 3 is 2.61 bits per heavy atom. The molecule has 0 aromatic heterocycles. The van der Waals surface area contributed by atoms with Gasteiger partial charge < -0.3 is 15.0 Å². The molecule has 1 amide bonds. The zero-order valence-corrected chi connectivity index (χ0v) is 14.1. The molecule has 1 heterocycles. The Hall–Kier alpha value is -1.55. The SMILES string of the molecule is O=C(CCOc1ccccc1)NCCCCCN1CCCCC1. The molecule has 1 aromatic rings. The smallest absolute Gasteiger partial charge is 0.223 e. The monoisotopic (exact) mass is 318 g/mol. The number of carbonyl (C=O) groups is 1. The highest BCUT2D eigenvalue weighted by Gasteiger charge is 2.08. The summed E-state index contributed by atoms with van der Waals surface area (Å²) in [6, 6.07) is 9.62.